The molecule has 1 atom stereocenters. The molecule has 96 valence electrons. The van der Waals surface area contributed by atoms with E-state index in [-0.39, 0.29) is 6.23 Å². The van der Waals surface area contributed by atoms with Gasteiger partial charge in [-0.15, -0.1) is 0 Å². The minimum atomic E-state index is 0.0936. The number of aryl methyl sites for hydroxylation is 1. The first-order chi connectivity index (χ1) is 7.93. The molecule has 0 saturated carbocycles. The second-order valence-electron chi connectivity index (χ2n) is 5.12. The van der Waals surface area contributed by atoms with Gasteiger partial charge in [0.05, 0.1) is 0 Å². The Morgan fingerprint density at radius 1 is 0.941 bits per heavy atom. The summed E-state index contributed by atoms with van der Waals surface area (Å²) in [5.74, 6) is 0.978. The van der Waals surface area contributed by atoms with Crippen LogP contribution < -0.4 is 4.74 Å². The summed E-state index contributed by atoms with van der Waals surface area (Å²) in [5.41, 5.74) is 1.19. The molecule has 0 amide bonds. The van der Waals surface area contributed by atoms with Gasteiger partial charge in [0.15, 0.2) is 0 Å². The lowest BCUT2D eigenvalue weighted by Gasteiger charge is -2.36. The minimum Gasteiger partial charge on any atom is -0.475 e. The van der Waals surface area contributed by atoms with Gasteiger partial charge in [-0.25, -0.2) is 0 Å². The van der Waals surface area contributed by atoms with Crippen LogP contribution in [0.1, 0.15) is 40.2 Å². The van der Waals surface area contributed by atoms with Gasteiger partial charge in [-0.05, 0) is 53.2 Å². The summed E-state index contributed by atoms with van der Waals surface area (Å²) in [5, 5.41) is 0. The molecule has 0 N–H and O–H groups in total. The maximum absolute atomic E-state index is 6.06. The molecule has 0 heterocycles. The third-order valence-corrected chi connectivity index (χ3v) is 3.00. The molecule has 0 aliphatic heterocycles. The van der Waals surface area contributed by atoms with E-state index in [0.717, 1.165) is 5.75 Å². The van der Waals surface area contributed by atoms with Crippen molar-refractivity contribution in [3.8, 4) is 5.75 Å². The van der Waals surface area contributed by atoms with E-state index in [1.165, 1.54) is 5.56 Å². The Balaban J connectivity index is 2.77. The van der Waals surface area contributed by atoms with Crippen molar-refractivity contribution in [1.82, 2.24) is 4.90 Å². The smallest absolute Gasteiger partial charge is 0.150 e. The van der Waals surface area contributed by atoms with Gasteiger partial charge < -0.3 is 4.74 Å². The molecule has 0 saturated heterocycles. The van der Waals surface area contributed by atoms with E-state index >= 15 is 0 Å². The molecular formula is C15H25NO. The Morgan fingerprint density at radius 3 is 1.94 bits per heavy atom. The molecular weight excluding hydrogens is 210 g/mol. The molecule has 1 rings (SSSR count). The summed E-state index contributed by atoms with van der Waals surface area (Å²) in [6.07, 6.45) is 0.0936. The lowest BCUT2D eigenvalue weighted by molar-refractivity contribution is -0.00599. The number of para-hydroxylation sites is 1. The topological polar surface area (TPSA) is 12.5 Å². The van der Waals surface area contributed by atoms with Crippen LogP contribution in [0.25, 0.3) is 0 Å². The van der Waals surface area contributed by atoms with Crippen LogP contribution in [0.5, 0.6) is 5.75 Å². The molecule has 17 heavy (non-hydrogen) atoms. The van der Waals surface area contributed by atoms with Gasteiger partial charge in [0.2, 0.25) is 0 Å². The third-order valence-electron chi connectivity index (χ3n) is 3.00. The third kappa shape index (κ3) is 3.74. The van der Waals surface area contributed by atoms with Gasteiger partial charge in [0, 0.05) is 12.1 Å². The van der Waals surface area contributed by atoms with E-state index in [9.17, 15) is 0 Å². The highest BCUT2D eigenvalue weighted by Gasteiger charge is 2.21. The Hall–Kier alpha value is -1.02. The quantitative estimate of drug-likeness (QED) is 0.719. The lowest BCUT2D eigenvalue weighted by Crippen LogP contribution is -2.46. The second kappa shape index (κ2) is 6.06. The van der Waals surface area contributed by atoms with E-state index in [1.807, 2.05) is 18.2 Å². The highest BCUT2D eigenvalue weighted by atomic mass is 16.5. The van der Waals surface area contributed by atoms with Crippen molar-refractivity contribution >= 4 is 0 Å². The summed E-state index contributed by atoms with van der Waals surface area (Å²) >= 11 is 0. The molecule has 1 aromatic rings. The highest BCUT2D eigenvalue weighted by Crippen LogP contribution is 2.20. The van der Waals surface area contributed by atoms with Crippen molar-refractivity contribution in [2.75, 3.05) is 0 Å². The average Bonchev–Trinajstić information content (AvgIpc) is 2.20. The summed E-state index contributed by atoms with van der Waals surface area (Å²) in [4.78, 5) is 2.37. The Morgan fingerprint density at radius 2 is 1.47 bits per heavy atom. The fraction of sp³-hybridized carbons (Fsp3) is 0.600. The van der Waals surface area contributed by atoms with Crippen LogP contribution in [-0.4, -0.2) is 23.2 Å². The van der Waals surface area contributed by atoms with Crippen LogP contribution in [0, 0.1) is 6.92 Å². The van der Waals surface area contributed by atoms with Crippen LogP contribution in [0.2, 0.25) is 0 Å². The van der Waals surface area contributed by atoms with E-state index in [4.69, 9.17) is 4.74 Å². The summed E-state index contributed by atoms with van der Waals surface area (Å²) in [6, 6.07) is 9.13. The van der Waals surface area contributed by atoms with Crippen molar-refractivity contribution in [2.24, 2.45) is 0 Å². The molecule has 2 heteroatoms. The number of benzene rings is 1. The van der Waals surface area contributed by atoms with Crippen LogP contribution in [0.15, 0.2) is 24.3 Å². The first-order valence-electron chi connectivity index (χ1n) is 6.43. The highest BCUT2D eigenvalue weighted by molar-refractivity contribution is 5.31. The Bertz CT molecular complexity index is 339. The van der Waals surface area contributed by atoms with Gasteiger partial charge in [0.25, 0.3) is 0 Å². The lowest BCUT2D eigenvalue weighted by atomic mass is 10.2. The molecule has 0 aromatic heterocycles. The monoisotopic (exact) mass is 235 g/mol. The normalized spacial score (nSPS) is 13.5. The standard InChI is InChI=1S/C15H25NO/c1-11(2)16(12(3)4)14(6)17-15-10-8-7-9-13(15)5/h7-12,14H,1-6H3. The van der Waals surface area contributed by atoms with Crippen LogP contribution >= 0.6 is 0 Å². The van der Waals surface area contributed by atoms with Crippen LogP contribution in [0.3, 0.4) is 0 Å². The van der Waals surface area contributed by atoms with Crippen molar-refractivity contribution in [3.63, 3.8) is 0 Å². The van der Waals surface area contributed by atoms with Gasteiger partial charge >= 0.3 is 0 Å². The molecule has 0 spiro atoms. The van der Waals surface area contributed by atoms with Crippen LogP contribution in [0.4, 0.5) is 0 Å². The SMILES string of the molecule is Cc1ccccc1OC(C)N(C(C)C)C(C)C. The molecule has 0 bridgehead atoms. The Kier molecular flexibility index (Phi) is 5.01. The zero-order chi connectivity index (χ0) is 13.0. The van der Waals surface area contributed by atoms with Crippen molar-refractivity contribution in [3.05, 3.63) is 29.8 Å². The van der Waals surface area contributed by atoms with Gasteiger partial charge in [-0.2, -0.15) is 0 Å². The van der Waals surface area contributed by atoms with Gasteiger partial charge in [-0.1, -0.05) is 18.2 Å². The summed E-state index contributed by atoms with van der Waals surface area (Å²) in [7, 11) is 0. The number of nitrogens with zero attached hydrogens (tertiary/aromatic N) is 1. The molecule has 0 aliphatic carbocycles. The second-order valence-corrected chi connectivity index (χ2v) is 5.12. The predicted octanol–water partition coefficient (Wildman–Crippen LogP) is 3.84. The van der Waals surface area contributed by atoms with E-state index in [2.05, 4.69) is 52.5 Å². The van der Waals surface area contributed by atoms with Gasteiger partial charge in [0.1, 0.15) is 12.0 Å². The first kappa shape index (κ1) is 14.0. The molecule has 2 nitrogen and oxygen atoms in total. The maximum Gasteiger partial charge on any atom is 0.150 e. The average molecular weight is 235 g/mol. The van der Waals surface area contributed by atoms with Crippen molar-refractivity contribution < 1.29 is 4.74 Å². The van der Waals surface area contributed by atoms with Gasteiger partial charge in [-0.3, -0.25) is 4.90 Å². The number of hydrogen-bond acceptors (Lipinski definition) is 2. The summed E-state index contributed by atoms with van der Waals surface area (Å²) < 4.78 is 6.06. The molecule has 0 fully saturated rings. The molecule has 0 radical (unpaired) electrons. The molecule has 0 aliphatic rings. The zero-order valence-corrected chi connectivity index (χ0v) is 11.9. The molecule has 1 aromatic carbocycles. The number of rotatable bonds is 5. The zero-order valence-electron chi connectivity index (χ0n) is 11.9. The Labute approximate surface area is 106 Å². The van der Waals surface area contributed by atoms with Crippen molar-refractivity contribution in [1.29, 1.82) is 0 Å². The number of hydrogen-bond donors (Lipinski definition) is 0. The van der Waals surface area contributed by atoms with E-state index in [1.54, 1.807) is 0 Å². The maximum atomic E-state index is 6.06. The fourth-order valence-electron chi connectivity index (χ4n) is 2.37. The predicted molar refractivity (Wildman–Crippen MR) is 73.4 cm³/mol. The molecule has 1 unspecified atom stereocenters. The fourth-order valence-corrected chi connectivity index (χ4v) is 2.37. The first-order valence-corrected chi connectivity index (χ1v) is 6.43. The summed E-state index contributed by atoms with van der Waals surface area (Å²) in [6.45, 7) is 13.0. The van der Waals surface area contributed by atoms with Crippen LogP contribution in [-0.2, 0) is 0 Å². The minimum absolute atomic E-state index is 0.0936. The van der Waals surface area contributed by atoms with Crippen molar-refractivity contribution in [2.45, 2.75) is 59.9 Å². The number of ether oxygens (including phenoxy) is 1. The van der Waals surface area contributed by atoms with E-state index in [0.29, 0.717) is 12.1 Å². The largest absolute Gasteiger partial charge is 0.475 e. The van der Waals surface area contributed by atoms with E-state index < -0.39 is 0 Å².